The standard InChI is InChI=1S/C46H49N5O9/c52-38-25-40(50(27-38)45(56)58-29-33-9-3-1-4-10-33)42(53)47-36-21-17-31(18-22-36)15-16-32-19-23-37(24-20-32)48-43(54)41-26-39(60-44(55)49-35-13-7-8-14-35)28-51(41)46(57)59-30-34-11-5-2-6-12-34/h1-6,9-12,15-24,35,38-41,52H,7-8,13-14,25-30H2,(H,47,53)(H,48,54)(H,49,55)/b16-15+/t38-,39-,40+,41+/m1/s1. The molecule has 14 nitrogen and oxygen atoms in total. The van der Waals surface area contributed by atoms with Crippen LogP contribution in [0.2, 0.25) is 0 Å². The van der Waals surface area contributed by atoms with Crippen molar-refractivity contribution in [3.63, 3.8) is 0 Å². The fraction of sp³-hybridized carbons (Fsp3) is 0.326. The van der Waals surface area contributed by atoms with Crippen molar-refractivity contribution in [2.45, 2.75) is 82.1 Å². The molecular formula is C46H49N5O9. The normalized spacial score (nSPS) is 20.1. The smallest absolute Gasteiger partial charge is 0.410 e. The number of β-amino-alcohol motifs (C(OH)–C–C–N with tert-alkyl or cyclic N) is 1. The lowest BCUT2D eigenvalue weighted by atomic mass is 10.1. The average Bonchev–Trinajstić information content (AvgIpc) is 4.04. The van der Waals surface area contributed by atoms with Gasteiger partial charge in [-0.25, -0.2) is 14.4 Å². The van der Waals surface area contributed by atoms with Crippen LogP contribution in [0.1, 0.15) is 60.8 Å². The fourth-order valence-corrected chi connectivity index (χ4v) is 7.62. The highest BCUT2D eigenvalue weighted by molar-refractivity contribution is 5.98. The van der Waals surface area contributed by atoms with E-state index in [0.29, 0.717) is 11.4 Å². The van der Waals surface area contributed by atoms with Gasteiger partial charge in [0.2, 0.25) is 11.8 Å². The number of ether oxygens (including phenoxy) is 3. The molecule has 0 aromatic heterocycles. The molecule has 0 radical (unpaired) electrons. The van der Waals surface area contributed by atoms with Gasteiger partial charge in [-0.05, 0) is 59.4 Å². The molecule has 2 saturated heterocycles. The van der Waals surface area contributed by atoms with Gasteiger partial charge in [0.15, 0.2) is 0 Å². The predicted molar refractivity (Wildman–Crippen MR) is 224 cm³/mol. The van der Waals surface area contributed by atoms with Gasteiger partial charge in [-0.15, -0.1) is 0 Å². The summed E-state index contributed by atoms with van der Waals surface area (Å²) in [6.45, 7) is 0.126. The van der Waals surface area contributed by atoms with E-state index in [1.807, 2.05) is 97.1 Å². The summed E-state index contributed by atoms with van der Waals surface area (Å²) in [7, 11) is 0. The van der Waals surface area contributed by atoms with Crippen molar-refractivity contribution in [3.8, 4) is 0 Å². The maximum absolute atomic E-state index is 13.6. The molecule has 4 atom stereocenters. The number of carbonyl (C=O) groups excluding carboxylic acids is 5. The number of aliphatic hydroxyl groups excluding tert-OH is 1. The number of carbonyl (C=O) groups is 5. The third kappa shape index (κ3) is 11.3. The molecule has 4 aromatic rings. The number of anilines is 2. The van der Waals surface area contributed by atoms with E-state index in [1.165, 1.54) is 9.80 Å². The van der Waals surface area contributed by atoms with Crippen LogP contribution in [0.25, 0.3) is 12.2 Å². The Balaban J connectivity index is 0.911. The van der Waals surface area contributed by atoms with Gasteiger partial charge in [0.1, 0.15) is 31.4 Å². The number of aliphatic hydroxyl groups is 1. The van der Waals surface area contributed by atoms with Crippen LogP contribution in [0.5, 0.6) is 0 Å². The molecule has 3 aliphatic rings. The zero-order valence-corrected chi connectivity index (χ0v) is 33.1. The van der Waals surface area contributed by atoms with Crippen LogP contribution in [0.4, 0.5) is 25.8 Å². The van der Waals surface area contributed by atoms with Gasteiger partial charge in [-0.2, -0.15) is 0 Å². The summed E-state index contributed by atoms with van der Waals surface area (Å²) in [4.78, 5) is 68.1. The Kier molecular flexibility index (Phi) is 13.7. The summed E-state index contributed by atoms with van der Waals surface area (Å²) in [6.07, 6.45) is 4.53. The molecule has 60 heavy (non-hydrogen) atoms. The van der Waals surface area contributed by atoms with E-state index in [4.69, 9.17) is 14.2 Å². The molecule has 3 fully saturated rings. The van der Waals surface area contributed by atoms with Crippen LogP contribution in [-0.2, 0) is 37.0 Å². The minimum absolute atomic E-state index is 0.00529. The highest BCUT2D eigenvalue weighted by Gasteiger charge is 2.43. The maximum atomic E-state index is 13.6. The van der Waals surface area contributed by atoms with E-state index < -0.39 is 54.4 Å². The Labute approximate surface area is 348 Å². The third-order valence-corrected chi connectivity index (χ3v) is 10.8. The van der Waals surface area contributed by atoms with Crippen LogP contribution in [-0.4, -0.2) is 88.4 Å². The topological polar surface area (TPSA) is 176 Å². The number of benzene rings is 4. The van der Waals surface area contributed by atoms with E-state index in [2.05, 4.69) is 16.0 Å². The second-order valence-electron chi connectivity index (χ2n) is 15.3. The molecule has 0 unspecified atom stereocenters. The van der Waals surface area contributed by atoms with Crippen LogP contribution in [0, 0.1) is 0 Å². The SMILES string of the molecule is O=C(NC1CCCC1)O[C@@H]1C[C@@H](C(=O)Nc2ccc(/C=C/c3ccc(NC(=O)[C@@H]4C[C@@H](O)CN4C(=O)OCc4ccccc4)cc3)cc2)N(C(=O)OCc2ccccc2)C1. The molecule has 1 saturated carbocycles. The fourth-order valence-electron chi connectivity index (χ4n) is 7.62. The van der Waals surface area contributed by atoms with E-state index in [1.54, 1.807) is 24.3 Å². The Bertz CT molecular complexity index is 2130. The van der Waals surface area contributed by atoms with Crippen LogP contribution in [0.15, 0.2) is 109 Å². The summed E-state index contributed by atoms with van der Waals surface area (Å²) in [5.74, 6) is -0.846. The van der Waals surface area contributed by atoms with E-state index in [-0.39, 0.29) is 45.2 Å². The summed E-state index contributed by atoms with van der Waals surface area (Å²) in [5, 5.41) is 18.9. The second kappa shape index (κ2) is 19.9. The van der Waals surface area contributed by atoms with Crippen molar-refractivity contribution in [2.24, 2.45) is 0 Å². The van der Waals surface area contributed by atoms with E-state index >= 15 is 0 Å². The number of likely N-dealkylation sites (tertiary alicyclic amines) is 2. The number of rotatable bonds is 12. The lowest BCUT2D eigenvalue weighted by Crippen LogP contribution is -2.43. The average molecular weight is 816 g/mol. The van der Waals surface area contributed by atoms with Crippen LogP contribution in [0.3, 0.4) is 0 Å². The van der Waals surface area contributed by atoms with Gasteiger partial charge in [0.25, 0.3) is 0 Å². The van der Waals surface area contributed by atoms with E-state index in [0.717, 1.165) is 47.9 Å². The van der Waals surface area contributed by atoms with Gasteiger partial charge in [-0.1, -0.05) is 110 Å². The van der Waals surface area contributed by atoms with E-state index in [9.17, 15) is 29.1 Å². The Morgan fingerprint density at radius 2 is 1.08 bits per heavy atom. The minimum Gasteiger partial charge on any atom is -0.445 e. The molecule has 1 aliphatic carbocycles. The summed E-state index contributed by atoms with van der Waals surface area (Å²) in [5.41, 5.74) is 4.40. The molecule has 14 heteroatoms. The predicted octanol–water partition coefficient (Wildman–Crippen LogP) is 6.95. The largest absolute Gasteiger partial charge is 0.445 e. The molecule has 0 spiro atoms. The first kappa shape index (κ1) is 41.5. The first-order valence-electron chi connectivity index (χ1n) is 20.3. The highest BCUT2D eigenvalue weighted by atomic mass is 16.6. The zero-order chi connectivity index (χ0) is 41.8. The number of alkyl carbamates (subject to hydrolysis) is 1. The molecule has 7 rings (SSSR count). The maximum Gasteiger partial charge on any atom is 0.410 e. The van der Waals surface area contributed by atoms with Crippen molar-refractivity contribution >= 4 is 53.6 Å². The summed E-state index contributed by atoms with van der Waals surface area (Å²) < 4.78 is 16.6. The number of amides is 5. The Hall–Kier alpha value is -6.67. The summed E-state index contributed by atoms with van der Waals surface area (Å²) >= 11 is 0. The highest BCUT2D eigenvalue weighted by Crippen LogP contribution is 2.26. The second-order valence-corrected chi connectivity index (χ2v) is 15.3. The molecule has 0 bridgehead atoms. The van der Waals surface area contributed by atoms with Gasteiger partial charge >= 0.3 is 18.3 Å². The number of nitrogens with one attached hydrogen (secondary N) is 3. The van der Waals surface area contributed by atoms with Gasteiger partial charge in [0.05, 0.1) is 19.2 Å². The summed E-state index contributed by atoms with van der Waals surface area (Å²) in [6, 6.07) is 31.1. The molecule has 4 N–H and O–H groups in total. The number of hydrogen-bond acceptors (Lipinski definition) is 9. The van der Waals surface area contributed by atoms with Gasteiger partial charge in [0, 0.05) is 30.3 Å². The molecular weight excluding hydrogens is 767 g/mol. The molecule has 2 aliphatic heterocycles. The molecule has 5 amide bonds. The van der Waals surface area contributed by atoms with Crippen molar-refractivity contribution in [1.82, 2.24) is 15.1 Å². The number of nitrogens with zero attached hydrogens (tertiary/aromatic N) is 2. The van der Waals surface area contributed by atoms with Crippen molar-refractivity contribution in [2.75, 3.05) is 23.7 Å². The zero-order valence-electron chi connectivity index (χ0n) is 33.1. The van der Waals surface area contributed by atoms with Gasteiger partial charge in [-0.3, -0.25) is 19.4 Å². The first-order chi connectivity index (χ1) is 29.2. The monoisotopic (exact) mass is 815 g/mol. The van der Waals surface area contributed by atoms with Gasteiger partial charge < -0.3 is 35.3 Å². The third-order valence-electron chi connectivity index (χ3n) is 10.8. The first-order valence-corrected chi connectivity index (χ1v) is 20.3. The minimum atomic E-state index is -0.921. The molecule has 312 valence electrons. The lowest BCUT2D eigenvalue weighted by Gasteiger charge is -2.23. The van der Waals surface area contributed by atoms with Crippen LogP contribution < -0.4 is 16.0 Å². The van der Waals surface area contributed by atoms with Crippen molar-refractivity contribution < 1.29 is 43.3 Å². The Morgan fingerprint density at radius 3 is 1.58 bits per heavy atom. The molecule has 2 heterocycles. The molecule has 4 aromatic carbocycles. The Morgan fingerprint density at radius 1 is 0.617 bits per heavy atom. The lowest BCUT2D eigenvalue weighted by molar-refractivity contribution is -0.120. The van der Waals surface area contributed by atoms with Crippen molar-refractivity contribution in [3.05, 3.63) is 131 Å². The quantitative estimate of drug-likeness (QED) is 0.0871. The number of hydrogen-bond donors (Lipinski definition) is 4. The van der Waals surface area contributed by atoms with Crippen LogP contribution >= 0.6 is 0 Å². The van der Waals surface area contributed by atoms with Crippen molar-refractivity contribution in [1.29, 1.82) is 0 Å².